The van der Waals surface area contributed by atoms with E-state index >= 15 is 0 Å². The lowest BCUT2D eigenvalue weighted by molar-refractivity contribution is -0.287. The molecule has 1 aliphatic heterocycles. The van der Waals surface area contributed by atoms with E-state index in [1.54, 1.807) is 0 Å². The van der Waals surface area contributed by atoms with Gasteiger partial charge in [-0.3, -0.25) is 4.79 Å². The maximum atomic E-state index is 11.9. The molecule has 4 N–H and O–H groups in total. The zero-order valence-electron chi connectivity index (χ0n) is 27.0. The van der Waals surface area contributed by atoms with Crippen LogP contribution in [0.4, 0.5) is 0 Å². The van der Waals surface area contributed by atoms with Crippen molar-refractivity contribution in [2.45, 2.75) is 142 Å². The average Bonchev–Trinajstić information content (AvgIpc) is 3.29. The Balaban J connectivity index is 1.26. The molecule has 0 aromatic carbocycles. The van der Waals surface area contributed by atoms with Crippen LogP contribution in [0.2, 0.25) is 0 Å². The van der Waals surface area contributed by atoms with Gasteiger partial charge in [0, 0.05) is 6.92 Å². The van der Waals surface area contributed by atoms with Crippen LogP contribution in [0.15, 0.2) is 12.2 Å². The molecule has 4 fully saturated rings. The van der Waals surface area contributed by atoms with Gasteiger partial charge in [-0.05, 0) is 97.2 Å². The number of aliphatic hydroxyl groups excluding tert-OH is 3. The summed E-state index contributed by atoms with van der Waals surface area (Å²) in [6.07, 6.45) is 12.9. The molecular weight excluding hydrogens is 530 g/mol. The summed E-state index contributed by atoms with van der Waals surface area (Å²) >= 11 is 0. The van der Waals surface area contributed by atoms with E-state index in [1.807, 2.05) is 0 Å². The molecule has 0 radical (unpaired) electrons. The van der Waals surface area contributed by atoms with Crippen molar-refractivity contribution in [1.29, 1.82) is 0 Å². The molecule has 7 nitrogen and oxygen atoms in total. The summed E-state index contributed by atoms with van der Waals surface area (Å²) in [7, 11) is 0. The predicted molar refractivity (Wildman–Crippen MR) is 163 cm³/mol. The first-order valence-corrected chi connectivity index (χ1v) is 17.1. The van der Waals surface area contributed by atoms with Gasteiger partial charge in [-0.1, -0.05) is 66.0 Å². The van der Waals surface area contributed by atoms with Crippen molar-refractivity contribution in [3.63, 3.8) is 0 Å². The third-order valence-electron chi connectivity index (χ3n) is 12.9. The predicted octanol–water partition coefficient (Wildman–Crippen LogP) is 5.21. The summed E-state index contributed by atoms with van der Waals surface area (Å²) in [5.41, 5.74) is 0.702. The first kappa shape index (κ1) is 32.4. The van der Waals surface area contributed by atoms with Gasteiger partial charge in [0.1, 0.15) is 24.4 Å². The second kappa shape index (κ2) is 12.8. The van der Waals surface area contributed by atoms with Gasteiger partial charge in [0.15, 0.2) is 6.29 Å². The number of aliphatic hydroxyl groups is 3. The fraction of sp³-hybridized carbons (Fsp3) is 0.914. The Morgan fingerprint density at radius 2 is 1.71 bits per heavy atom. The van der Waals surface area contributed by atoms with Gasteiger partial charge in [0.05, 0.1) is 12.7 Å². The lowest BCUT2D eigenvalue weighted by atomic mass is 9.46. The van der Waals surface area contributed by atoms with Gasteiger partial charge in [0.25, 0.3) is 0 Å². The van der Waals surface area contributed by atoms with E-state index in [-0.39, 0.29) is 17.4 Å². The Kier molecular flexibility index (Phi) is 9.86. The van der Waals surface area contributed by atoms with Crippen molar-refractivity contribution in [3.8, 4) is 0 Å². The molecule has 1 amide bonds. The third kappa shape index (κ3) is 5.99. The highest BCUT2D eigenvalue weighted by Crippen LogP contribution is 2.67. The molecule has 3 saturated carbocycles. The maximum Gasteiger partial charge on any atom is 0.217 e. The van der Waals surface area contributed by atoms with Crippen LogP contribution in [0.25, 0.3) is 0 Å². The molecule has 1 heterocycles. The number of hydrogen-bond donors (Lipinski definition) is 4. The van der Waals surface area contributed by atoms with E-state index in [2.05, 4.69) is 52.1 Å². The Bertz CT molecular complexity index is 971. The molecule has 0 unspecified atom stereocenters. The molecule has 0 aromatic heterocycles. The number of hydrogen-bond acceptors (Lipinski definition) is 6. The third-order valence-corrected chi connectivity index (χ3v) is 12.9. The van der Waals surface area contributed by atoms with Gasteiger partial charge in [0.2, 0.25) is 5.91 Å². The van der Waals surface area contributed by atoms with Gasteiger partial charge in [-0.25, -0.2) is 0 Å². The topological polar surface area (TPSA) is 108 Å². The molecule has 240 valence electrons. The van der Waals surface area contributed by atoms with Crippen LogP contribution in [0.3, 0.4) is 0 Å². The minimum atomic E-state index is -1.30. The van der Waals surface area contributed by atoms with E-state index < -0.39 is 37.3 Å². The van der Waals surface area contributed by atoms with Crippen molar-refractivity contribution in [3.05, 3.63) is 12.2 Å². The van der Waals surface area contributed by atoms with Crippen LogP contribution in [-0.2, 0) is 14.3 Å². The molecule has 5 aliphatic rings. The van der Waals surface area contributed by atoms with Crippen molar-refractivity contribution >= 4 is 5.91 Å². The zero-order chi connectivity index (χ0) is 30.4. The van der Waals surface area contributed by atoms with Crippen molar-refractivity contribution < 1.29 is 29.6 Å². The number of nitrogens with one attached hydrogen (secondary N) is 1. The summed E-state index contributed by atoms with van der Waals surface area (Å²) in [5.74, 6) is 4.71. The highest BCUT2D eigenvalue weighted by molar-refractivity contribution is 5.73. The molecule has 1 saturated heterocycles. The minimum absolute atomic E-state index is 0.0799. The molecule has 14 atom stereocenters. The van der Waals surface area contributed by atoms with Crippen molar-refractivity contribution in [2.75, 3.05) is 6.61 Å². The van der Waals surface area contributed by atoms with E-state index in [0.29, 0.717) is 23.2 Å². The summed E-state index contributed by atoms with van der Waals surface area (Å²) in [6, 6.07) is -0.890. The first-order chi connectivity index (χ1) is 19.9. The number of amides is 1. The monoisotopic (exact) mass is 589 g/mol. The highest BCUT2D eigenvalue weighted by Gasteiger charge is 2.60. The second-order valence-electron chi connectivity index (χ2n) is 15.8. The molecule has 0 bridgehead atoms. The quantitative estimate of drug-likeness (QED) is 0.275. The number of rotatable bonds is 9. The highest BCUT2D eigenvalue weighted by atomic mass is 16.7. The summed E-state index contributed by atoms with van der Waals surface area (Å²) in [4.78, 5) is 11.9. The smallest absolute Gasteiger partial charge is 0.217 e. The van der Waals surface area contributed by atoms with E-state index in [0.717, 1.165) is 42.9 Å². The van der Waals surface area contributed by atoms with Crippen LogP contribution in [0.5, 0.6) is 0 Å². The number of fused-ring (bicyclic) bond motifs is 5. The summed E-state index contributed by atoms with van der Waals surface area (Å²) in [5, 5.41) is 33.5. The Morgan fingerprint density at radius 3 is 2.40 bits per heavy atom. The maximum absolute atomic E-state index is 11.9. The molecule has 5 rings (SSSR count). The van der Waals surface area contributed by atoms with Gasteiger partial charge in [-0.15, -0.1) is 0 Å². The molecule has 0 spiro atoms. The number of ether oxygens (including phenoxy) is 2. The van der Waals surface area contributed by atoms with E-state index in [1.165, 1.54) is 51.9 Å². The standard InChI is InChI=1S/C35H59NO6/c1-20(2)8-7-9-21(3)26-12-13-27-25-11-10-23-18-24(14-16-34(23,5)28(25)15-17-35(26,27)6)41-33-30(36-22(4)38)32(40)31(39)29(19-37)42-33/h10-11,20-21,23-33,37,39-40H,7-9,12-19H2,1-6H3,(H,36,38)/t21-,23+,24-,25-,26+,27-,28-,29-,30-,31-,32-,33-,34+,35+/m1/s1. The normalized spacial score (nSPS) is 47.4. The van der Waals surface area contributed by atoms with Crippen molar-refractivity contribution in [2.24, 2.45) is 52.3 Å². The number of carbonyl (C=O) groups excluding carboxylic acids is 1. The molecule has 42 heavy (non-hydrogen) atoms. The van der Waals surface area contributed by atoms with E-state index in [9.17, 15) is 20.1 Å². The van der Waals surface area contributed by atoms with Gasteiger partial charge in [-0.2, -0.15) is 0 Å². The Hall–Kier alpha value is -0.990. The SMILES string of the molecule is CC(=O)N[C@H]1[C@H](O[C@@H]2CC[C@]3(C)[C@@H]4CC[C@]5(C)[C@H](CC[C@H]5[C@H](C)CCCC(C)C)[C@H]4C=C[C@H]3C2)O[C@H](CO)[C@@H](O)[C@@H]1O. The minimum Gasteiger partial charge on any atom is -0.394 e. The Labute approximate surface area is 254 Å². The summed E-state index contributed by atoms with van der Waals surface area (Å²) < 4.78 is 12.3. The fourth-order valence-electron chi connectivity index (χ4n) is 10.5. The van der Waals surface area contributed by atoms with Crippen molar-refractivity contribution in [1.82, 2.24) is 5.32 Å². The van der Waals surface area contributed by atoms with Crippen LogP contribution in [0, 0.1) is 52.3 Å². The zero-order valence-corrected chi connectivity index (χ0v) is 27.0. The molecule has 0 aromatic rings. The number of carbonyl (C=O) groups is 1. The van der Waals surface area contributed by atoms with Crippen LogP contribution >= 0.6 is 0 Å². The van der Waals surface area contributed by atoms with Crippen LogP contribution in [-0.4, -0.2) is 64.6 Å². The van der Waals surface area contributed by atoms with Gasteiger partial charge < -0.3 is 30.1 Å². The fourth-order valence-corrected chi connectivity index (χ4v) is 10.5. The van der Waals surface area contributed by atoms with Crippen LogP contribution < -0.4 is 5.32 Å². The lowest BCUT2D eigenvalue weighted by Crippen LogP contribution is -2.65. The van der Waals surface area contributed by atoms with Crippen LogP contribution in [0.1, 0.15) is 106 Å². The van der Waals surface area contributed by atoms with E-state index in [4.69, 9.17) is 9.47 Å². The average molecular weight is 590 g/mol. The molecule has 4 aliphatic carbocycles. The Morgan fingerprint density at radius 1 is 1.00 bits per heavy atom. The van der Waals surface area contributed by atoms with Gasteiger partial charge >= 0.3 is 0 Å². The molecular formula is C35H59NO6. The second-order valence-corrected chi connectivity index (χ2v) is 15.8. The first-order valence-electron chi connectivity index (χ1n) is 17.1. The lowest BCUT2D eigenvalue weighted by Gasteiger charge is -2.59. The largest absolute Gasteiger partial charge is 0.394 e. The number of allylic oxidation sites excluding steroid dienone is 2. The summed E-state index contributed by atoms with van der Waals surface area (Å²) in [6.45, 7) is 13.3. The molecule has 7 heteroatoms.